The van der Waals surface area contributed by atoms with Crippen molar-refractivity contribution in [3.63, 3.8) is 0 Å². The van der Waals surface area contributed by atoms with E-state index in [4.69, 9.17) is 0 Å². The number of nitrogens with zero attached hydrogens (tertiary/aromatic N) is 4. The lowest BCUT2D eigenvalue weighted by Gasteiger charge is -2.00. The smallest absolute Gasteiger partial charge is 0.267 e. The lowest BCUT2D eigenvalue weighted by Crippen LogP contribution is -2.09. The number of pyridine rings is 1. The molecule has 1 N–H and O–H groups in total. The predicted molar refractivity (Wildman–Crippen MR) is 114 cm³/mol. The zero-order chi connectivity index (χ0) is 18.9. The van der Waals surface area contributed by atoms with Gasteiger partial charge in [0.1, 0.15) is 9.84 Å². The second-order valence-electron chi connectivity index (χ2n) is 6.12. The Bertz CT molecular complexity index is 1240. The molecule has 1 aromatic carbocycles. The average molecular weight is 403 g/mol. The molecule has 28 heavy (non-hydrogen) atoms. The molecule has 1 amide bonds. The van der Waals surface area contributed by atoms with Crippen molar-refractivity contribution in [3.05, 3.63) is 64.7 Å². The Hall–Kier alpha value is -3.23. The number of aromatic nitrogens is 3. The van der Waals surface area contributed by atoms with E-state index in [9.17, 15) is 4.79 Å². The predicted octanol–water partition coefficient (Wildman–Crippen LogP) is 4.66. The van der Waals surface area contributed by atoms with Gasteiger partial charge >= 0.3 is 0 Å². The number of fused-ring (bicyclic) bond motifs is 2. The number of hydrogen-bond donors (Lipinski definition) is 1. The van der Waals surface area contributed by atoms with E-state index in [2.05, 4.69) is 31.6 Å². The number of hydrogen-bond acceptors (Lipinski definition) is 7. The number of thiophene rings is 1. The molecule has 1 aliphatic heterocycles. The van der Waals surface area contributed by atoms with Crippen LogP contribution in [0.3, 0.4) is 0 Å². The topological polar surface area (TPSA) is 80.1 Å². The summed E-state index contributed by atoms with van der Waals surface area (Å²) >= 11 is 2.71. The number of anilines is 1. The minimum Gasteiger partial charge on any atom is -0.296 e. The zero-order valence-corrected chi connectivity index (χ0v) is 16.1. The van der Waals surface area contributed by atoms with E-state index in [0.29, 0.717) is 16.6 Å². The highest BCUT2D eigenvalue weighted by molar-refractivity contribution is 7.21. The Morgan fingerprint density at radius 1 is 1.07 bits per heavy atom. The number of amides is 1. The number of rotatable bonds is 3. The number of carbonyl (C=O) groups excluding carboxylic acids is 1. The van der Waals surface area contributed by atoms with Gasteiger partial charge in [-0.1, -0.05) is 41.7 Å². The number of nitrogens with one attached hydrogen (secondary N) is 1. The first-order chi connectivity index (χ1) is 13.8. The van der Waals surface area contributed by atoms with Crippen LogP contribution < -0.4 is 5.32 Å². The van der Waals surface area contributed by atoms with E-state index in [1.807, 2.05) is 48.6 Å². The summed E-state index contributed by atoms with van der Waals surface area (Å²) < 4.78 is 0. The first-order valence-corrected chi connectivity index (χ1v) is 10.2. The van der Waals surface area contributed by atoms with E-state index < -0.39 is 0 Å². The summed E-state index contributed by atoms with van der Waals surface area (Å²) in [5.41, 5.74) is 2.93. The van der Waals surface area contributed by atoms with Crippen molar-refractivity contribution in [2.45, 2.75) is 6.54 Å². The van der Waals surface area contributed by atoms with Gasteiger partial charge < -0.3 is 0 Å². The van der Waals surface area contributed by atoms with Crippen LogP contribution in [-0.2, 0) is 6.54 Å². The van der Waals surface area contributed by atoms with Gasteiger partial charge in [0.2, 0.25) is 5.13 Å². The molecule has 136 valence electrons. The van der Waals surface area contributed by atoms with Gasteiger partial charge in [0.25, 0.3) is 5.91 Å². The zero-order valence-electron chi connectivity index (χ0n) is 14.5. The second-order valence-corrected chi connectivity index (χ2v) is 8.13. The van der Waals surface area contributed by atoms with Gasteiger partial charge in [-0.15, -0.1) is 21.5 Å². The van der Waals surface area contributed by atoms with E-state index in [-0.39, 0.29) is 5.91 Å². The van der Waals surface area contributed by atoms with Gasteiger partial charge in [0, 0.05) is 17.2 Å². The Morgan fingerprint density at radius 3 is 2.86 bits per heavy atom. The molecule has 5 rings (SSSR count). The number of allylic oxidation sites excluding steroid dienone is 1. The van der Waals surface area contributed by atoms with Crippen LogP contribution in [0.4, 0.5) is 5.13 Å². The normalized spacial score (nSPS) is 12.7. The Morgan fingerprint density at radius 2 is 1.96 bits per heavy atom. The van der Waals surface area contributed by atoms with E-state index in [1.54, 1.807) is 6.21 Å². The largest absolute Gasteiger partial charge is 0.296 e. The minimum atomic E-state index is -0.206. The van der Waals surface area contributed by atoms with Crippen molar-refractivity contribution in [2.75, 3.05) is 5.32 Å². The van der Waals surface area contributed by atoms with Crippen LogP contribution in [0.15, 0.2) is 53.5 Å². The molecule has 0 unspecified atom stereocenters. The summed E-state index contributed by atoms with van der Waals surface area (Å²) in [7, 11) is 0. The monoisotopic (exact) mass is 403 g/mol. The molecule has 4 heterocycles. The van der Waals surface area contributed by atoms with Crippen molar-refractivity contribution in [1.29, 1.82) is 0 Å². The Labute approximate surface area is 168 Å². The molecular weight excluding hydrogens is 390 g/mol. The highest BCUT2D eigenvalue weighted by Crippen LogP contribution is 2.30. The van der Waals surface area contributed by atoms with Crippen molar-refractivity contribution >= 4 is 56.2 Å². The lowest BCUT2D eigenvalue weighted by molar-refractivity contribution is 0.103. The van der Waals surface area contributed by atoms with Gasteiger partial charge in [-0.2, -0.15) is 0 Å². The molecule has 0 spiro atoms. The van der Waals surface area contributed by atoms with Gasteiger partial charge in [-0.3, -0.25) is 15.1 Å². The molecule has 4 aromatic rings. The van der Waals surface area contributed by atoms with Crippen LogP contribution in [0.25, 0.3) is 26.9 Å². The summed E-state index contributed by atoms with van der Waals surface area (Å²) in [5.74, 6) is -0.206. The van der Waals surface area contributed by atoms with Gasteiger partial charge in [0.15, 0.2) is 0 Å². The van der Waals surface area contributed by atoms with Crippen molar-refractivity contribution < 1.29 is 4.79 Å². The minimum absolute atomic E-state index is 0.206. The number of carbonyl (C=O) groups is 1. The maximum atomic E-state index is 12.7. The summed E-state index contributed by atoms with van der Waals surface area (Å²) in [6.45, 7) is 0.593. The van der Waals surface area contributed by atoms with Gasteiger partial charge in [-0.05, 0) is 29.8 Å². The molecule has 0 radical (unpaired) electrons. The Kier molecular flexibility index (Phi) is 4.27. The number of benzene rings is 1. The van der Waals surface area contributed by atoms with Crippen LogP contribution in [0.2, 0.25) is 0 Å². The molecule has 0 atom stereocenters. The van der Waals surface area contributed by atoms with Crippen molar-refractivity contribution in [3.8, 4) is 10.6 Å². The first-order valence-electron chi connectivity index (χ1n) is 8.56. The van der Waals surface area contributed by atoms with Crippen LogP contribution in [0, 0.1) is 0 Å². The lowest BCUT2D eigenvalue weighted by atomic mass is 10.1. The average Bonchev–Trinajstić information content (AvgIpc) is 3.28. The summed E-state index contributed by atoms with van der Waals surface area (Å²) in [6.07, 6.45) is 5.60. The maximum absolute atomic E-state index is 12.7. The SMILES string of the molecule is O=C(Nc1nnc(-c2ccccc2)s1)c1cc2cc3c(nc2s1)C=CC=NC3. The first kappa shape index (κ1) is 16.9. The van der Waals surface area contributed by atoms with Gasteiger partial charge in [-0.25, -0.2) is 4.98 Å². The van der Waals surface area contributed by atoms with Gasteiger partial charge in [0.05, 0.1) is 17.1 Å². The standard InChI is InChI=1S/C20H13N5OS2/c26-17(23-20-25-24-19(28-20)12-5-2-1-3-6-12)16-10-13-9-14-11-21-8-4-7-15(14)22-18(13)27-16/h1-10H,11H2,(H,23,25,26). The molecular formula is C20H13N5OS2. The van der Waals surface area contributed by atoms with E-state index in [1.165, 1.54) is 22.7 Å². The highest BCUT2D eigenvalue weighted by Gasteiger charge is 2.16. The molecule has 0 bridgehead atoms. The fraction of sp³-hybridized carbons (Fsp3) is 0.0500. The third-order valence-electron chi connectivity index (χ3n) is 4.22. The van der Waals surface area contributed by atoms with Crippen LogP contribution in [0.1, 0.15) is 20.9 Å². The highest BCUT2D eigenvalue weighted by atomic mass is 32.1. The van der Waals surface area contributed by atoms with E-state index in [0.717, 1.165) is 32.0 Å². The molecule has 0 saturated heterocycles. The summed E-state index contributed by atoms with van der Waals surface area (Å²) in [6, 6.07) is 13.7. The molecule has 3 aromatic heterocycles. The summed E-state index contributed by atoms with van der Waals surface area (Å²) in [4.78, 5) is 23.1. The quantitative estimate of drug-likeness (QED) is 0.539. The van der Waals surface area contributed by atoms with Crippen LogP contribution in [-0.4, -0.2) is 27.3 Å². The van der Waals surface area contributed by atoms with Crippen LogP contribution in [0.5, 0.6) is 0 Å². The second kappa shape index (κ2) is 7.06. The molecule has 0 saturated carbocycles. The molecule has 0 aliphatic carbocycles. The van der Waals surface area contributed by atoms with Crippen LogP contribution >= 0.6 is 22.7 Å². The third kappa shape index (κ3) is 3.23. The Balaban J connectivity index is 1.40. The molecule has 0 fully saturated rings. The molecule has 6 nitrogen and oxygen atoms in total. The maximum Gasteiger partial charge on any atom is 0.267 e. The third-order valence-corrected chi connectivity index (χ3v) is 6.15. The fourth-order valence-corrected chi connectivity index (χ4v) is 4.55. The van der Waals surface area contributed by atoms with Crippen molar-refractivity contribution in [2.24, 2.45) is 4.99 Å². The molecule has 1 aliphatic rings. The fourth-order valence-electron chi connectivity index (χ4n) is 2.89. The van der Waals surface area contributed by atoms with Crippen molar-refractivity contribution in [1.82, 2.24) is 15.2 Å². The number of aliphatic imine (C=N–C) groups is 1. The van der Waals surface area contributed by atoms with E-state index >= 15 is 0 Å². The summed E-state index contributed by atoms with van der Waals surface area (Å²) in [5, 5.41) is 13.3. The molecule has 8 heteroatoms.